The highest BCUT2D eigenvalue weighted by Crippen LogP contribution is 2.20. The van der Waals surface area contributed by atoms with Crippen molar-refractivity contribution in [3.8, 4) is 0 Å². The lowest BCUT2D eigenvalue weighted by atomic mass is 9.99. The number of aromatic nitrogens is 1. The summed E-state index contributed by atoms with van der Waals surface area (Å²) in [7, 11) is 1.99. The van der Waals surface area contributed by atoms with Crippen LogP contribution < -0.4 is 5.32 Å². The third-order valence-corrected chi connectivity index (χ3v) is 3.43. The van der Waals surface area contributed by atoms with Crippen LogP contribution in [0.15, 0.2) is 47.2 Å². The highest BCUT2D eigenvalue weighted by Gasteiger charge is 2.10. The highest BCUT2D eigenvalue weighted by molar-refractivity contribution is 9.10. The summed E-state index contributed by atoms with van der Waals surface area (Å²) in [6.45, 7) is 2.12. The largest absolute Gasteiger partial charge is 0.313 e. The standard InChI is InChI=1S/C15H17BrN2/c1-11-4-3-5-12(6-11)7-15(17-2)13-8-14(16)10-18-9-13/h3-6,8-10,15,17H,7H2,1-2H3. The summed E-state index contributed by atoms with van der Waals surface area (Å²) in [5.41, 5.74) is 3.84. The predicted molar refractivity (Wildman–Crippen MR) is 78.6 cm³/mol. The molecule has 1 unspecified atom stereocenters. The van der Waals surface area contributed by atoms with Crippen LogP contribution in [0.2, 0.25) is 0 Å². The number of nitrogens with zero attached hydrogens (tertiary/aromatic N) is 1. The van der Waals surface area contributed by atoms with Crippen LogP contribution >= 0.6 is 15.9 Å². The fourth-order valence-electron chi connectivity index (χ4n) is 2.08. The lowest BCUT2D eigenvalue weighted by Crippen LogP contribution is -2.19. The van der Waals surface area contributed by atoms with Crippen LogP contribution in [0.4, 0.5) is 0 Å². The topological polar surface area (TPSA) is 24.9 Å². The van der Waals surface area contributed by atoms with Crippen molar-refractivity contribution in [1.82, 2.24) is 10.3 Å². The van der Waals surface area contributed by atoms with Crippen molar-refractivity contribution in [2.24, 2.45) is 0 Å². The van der Waals surface area contributed by atoms with Crippen molar-refractivity contribution in [3.05, 3.63) is 63.9 Å². The first-order valence-corrected chi connectivity index (χ1v) is 6.81. The van der Waals surface area contributed by atoms with E-state index < -0.39 is 0 Å². The van der Waals surface area contributed by atoms with Gasteiger partial charge in [-0.25, -0.2) is 0 Å². The fourth-order valence-corrected chi connectivity index (χ4v) is 2.46. The van der Waals surface area contributed by atoms with Gasteiger partial charge >= 0.3 is 0 Å². The van der Waals surface area contributed by atoms with Gasteiger partial charge in [-0.3, -0.25) is 4.98 Å². The Bertz CT molecular complexity index is 525. The molecule has 0 radical (unpaired) electrons. The van der Waals surface area contributed by atoms with E-state index in [0.29, 0.717) is 0 Å². The molecule has 94 valence electrons. The summed E-state index contributed by atoms with van der Waals surface area (Å²) < 4.78 is 1.02. The van der Waals surface area contributed by atoms with Gasteiger partial charge < -0.3 is 5.32 Å². The average Bonchev–Trinajstić information content (AvgIpc) is 2.36. The molecule has 1 aromatic carbocycles. The van der Waals surface area contributed by atoms with Gasteiger partial charge in [-0.15, -0.1) is 0 Å². The van der Waals surface area contributed by atoms with Crippen LogP contribution in [0.1, 0.15) is 22.7 Å². The Balaban J connectivity index is 2.19. The zero-order valence-electron chi connectivity index (χ0n) is 10.7. The summed E-state index contributed by atoms with van der Waals surface area (Å²) in [6, 6.07) is 11.0. The van der Waals surface area contributed by atoms with Gasteiger partial charge in [-0.2, -0.15) is 0 Å². The van der Waals surface area contributed by atoms with Crippen molar-refractivity contribution in [2.45, 2.75) is 19.4 Å². The number of likely N-dealkylation sites (N-methyl/N-ethyl adjacent to an activating group) is 1. The summed E-state index contributed by atoms with van der Waals surface area (Å²) in [6.07, 6.45) is 4.70. The van der Waals surface area contributed by atoms with E-state index in [2.05, 4.69) is 63.5 Å². The van der Waals surface area contributed by atoms with Gasteiger partial charge in [-0.1, -0.05) is 29.8 Å². The van der Waals surface area contributed by atoms with Gasteiger partial charge in [0.2, 0.25) is 0 Å². The molecule has 0 bridgehead atoms. The average molecular weight is 305 g/mol. The predicted octanol–water partition coefficient (Wildman–Crippen LogP) is 3.66. The SMILES string of the molecule is CNC(Cc1cccc(C)c1)c1cncc(Br)c1. The molecule has 0 aliphatic rings. The van der Waals surface area contributed by atoms with Gasteiger partial charge in [0.25, 0.3) is 0 Å². The van der Waals surface area contributed by atoms with E-state index in [0.717, 1.165) is 10.9 Å². The van der Waals surface area contributed by atoms with E-state index in [4.69, 9.17) is 0 Å². The second-order valence-electron chi connectivity index (χ2n) is 4.47. The van der Waals surface area contributed by atoms with Gasteiger partial charge in [0, 0.05) is 22.9 Å². The minimum atomic E-state index is 0.289. The van der Waals surface area contributed by atoms with E-state index in [1.165, 1.54) is 16.7 Å². The third kappa shape index (κ3) is 3.40. The lowest BCUT2D eigenvalue weighted by molar-refractivity contribution is 0.589. The number of halogens is 1. The molecule has 0 saturated carbocycles. The first-order valence-electron chi connectivity index (χ1n) is 6.02. The Morgan fingerprint density at radius 1 is 1.28 bits per heavy atom. The quantitative estimate of drug-likeness (QED) is 0.932. The van der Waals surface area contributed by atoms with E-state index >= 15 is 0 Å². The number of hydrogen-bond donors (Lipinski definition) is 1. The Morgan fingerprint density at radius 3 is 2.78 bits per heavy atom. The Hall–Kier alpha value is -1.19. The number of nitrogens with one attached hydrogen (secondary N) is 1. The van der Waals surface area contributed by atoms with Gasteiger partial charge in [0.15, 0.2) is 0 Å². The smallest absolute Gasteiger partial charge is 0.0410 e. The molecule has 0 aliphatic carbocycles. The molecule has 1 heterocycles. The van der Waals surface area contributed by atoms with Crippen LogP contribution in [0, 0.1) is 6.92 Å². The van der Waals surface area contributed by atoms with E-state index in [1.54, 1.807) is 0 Å². The monoisotopic (exact) mass is 304 g/mol. The number of pyridine rings is 1. The summed E-state index contributed by atoms with van der Waals surface area (Å²) >= 11 is 3.47. The van der Waals surface area contributed by atoms with Crippen molar-refractivity contribution < 1.29 is 0 Å². The molecular weight excluding hydrogens is 288 g/mol. The number of benzene rings is 1. The number of aryl methyl sites for hydroxylation is 1. The zero-order chi connectivity index (χ0) is 13.0. The van der Waals surface area contributed by atoms with E-state index in [9.17, 15) is 0 Å². The van der Waals surface area contributed by atoms with Crippen molar-refractivity contribution in [3.63, 3.8) is 0 Å². The fraction of sp³-hybridized carbons (Fsp3) is 0.267. The minimum absolute atomic E-state index is 0.289. The summed E-state index contributed by atoms with van der Waals surface area (Å²) in [5, 5.41) is 3.35. The number of rotatable bonds is 4. The highest BCUT2D eigenvalue weighted by atomic mass is 79.9. The second-order valence-corrected chi connectivity index (χ2v) is 5.39. The summed E-state index contributed by atoms with van der Waals surface area (Å²) in [5.74, 6) is 0. The van der Waals surface area contributed by atoms with Crippen molar-refractivity contribution >= 4 is 15.9 Å². The van der Waals surface area contributed by atoms with Gasteiger partial charge in [0.05, 0.1) is 0 Å². The van der Waals surface area contributed by atoms with E-state index in [1.807, 2.05) is 19.4 Å². The normalized spacial score (nSPS) is 12.4. The van der Waals surface area contributed by atoms with Crippen LogP contribution in [0.5, 0.6) is 0 Å². The molecule has 0 aliphatic heterocycles. The third-order valence-electron chi connectivity index (χ3n) is 3.00. The number of hydrogen-bond acceptors (Lipinski definition) is 2. The molecule has 1 atom stereocenters. The maximum Gasteiger partial charge on any atom is 0.0410 e. The molecule has 1 N–H and O–H groups in total. The first-order chi connectivity index (χ1) is 8.69. The molecule has 2 rings (SSSR count). The Labute approximate surface area is 117 Å². The molecule has 2 nitrogen and oxygen atoms in total. The first kappa shape index (κ1) is 13.2. The minimum Gasteiger partial charge on any atom is -0.313 e. The molecular formula is C15H17BrN2. The Kier molecular flexibility index (Phi) is 4.50. The summed E-state index contributed by atoms with van der Waals surface area (Å²) in [4.78, 5) is 4.23. The molecule has 2 aromatic rings. The Morgan fingerprint density at radius 2 is 2.11 bits per heavy atom. The molecule has 0 amide bonds. The molecule has 0 saturated heterocycles. The van der Waals surface area contributed by atoms with Crippen LogP contribution in [-0.2, 0) is 6.42 Å². The van der Waals surface area contributed by atoms with Crippen LogP contribution in [-0.4, -0.2) is 12.0 Å². The molecule has 0 spiro atoms. The maximum absolute atomic E-state index is 4.23. The van der Waals surface area contributed by atoms with Crippen LogP contribution in [0.25, 0.3) is 0 Å². The zero-order valence-corrected chi connectivity index (χ0v) is 12.2. The molecule has 0 fully saturated rings. The van der Waals surface area contributed by atoms with E-state index in [-0.39, 0.29) is 6.04 Å². The molecule has 18 heavy (non-hydrogen) atoms. The second kappa shape index (κ2) is 6.12. The van der Waals surface area contributed by atoms with Gasteiger partial charge in [-0.05, 0) is 53.5 Å². The van der Waals surface area contributed by atoms with Crippen LogP contribution in [0.3, 0.4) is 0 Å². The van der Waals surface area contributed by atoms with Crippen molar-refractivity contribution in [2.75, 3.05) is 7.05 Å². The maximum atomic E-state index is 4.23. The molecule has 3 heteroatoms. The van der Waals surface area contributed by atoms with Gasteiger partial charge in [0.1, 0.15) is 0 Å². The molecule has 1 aromatic heterocycles. The van der Waals surface area contributed by atoms with Crippen molar-refractivity contribution in [1.29, 1.82) is 0 Å². The lowest BCUT2D eigenvalue weighted by Gasteiger charge is -2.17.